The third-order valence-corrected chi connectivity index (χ3v) is 8.51. The molecule has 202 valence electrons. The van der Waals surface area contributed by atoms with Crippen molar-refractivity contribution in [3.8, 4) is 5.75 Å². The van der Waals surface area contributed by atoms with E-state index in [-0.39, 0.29) is 24.4 Å². The van der Waals surface area contributed by atoms with E-state index in [9.17, 15) is 9.59 Å². The van der Waals surface area contributed by atoms with Crippen LogP contribution in [0.3, 0.4) is 0 Å². The van der Waals surface area contributed by atoms with Crippen LogP contribution < -0.4 is 4.74 Å². The van der Waals surface area contributed by atoms with Crippen LogP contribution in [0, 0.1) is 12.8 Å². The Labute approximate surface area is 231 Å². The molecular formula is C32H40N2O3S. The molecule has 6 heteroatoms. The van der Waals surface area contributed by atoms with Crippen LogP contribution in [0.4, 0.5) is 0 Å². The van der Waals surface area contributed by atoms with Crippen LogP contribution in [0.2, 0.25) is 0 Å². The molecule has 0 aliphatic carbocycles. The summed E-state index contributed by atoms with van der Waals surface area (Å²) in [5.74, 6) is 1.44. The van der Waals surface area contributed by atoms with Gasteiger partial charge in [0.15, 0.2) is 0 Å². The van der Waals surface area contributed by atoms with Crippen LogP contribution in [0.25, 0.3) is 0 Å². The first-order valence-electron chi connectivity index (χ1n) is 13.7. The number of ether oxygens (including phenoxy) is 1. The molecule has 0 spiro atoms. The number of carbonyl (C=O) groups is 2. The first kappa shape index (κ1) is 27.9. The van der Waals surface area contributed by atoms with Gasteiger partial charge in [-0.05, 0) is 72.0 Å². The minimum atomic E-state index is -0.179. The summed E-state index contributed by atoms with van der Waals surface area (Å²) in [5, 5.41) is 2.10. The SMILES string of the molecule is CC[C@@H](C)CN(CC(=O)N1CCc2sccc2[C@@H]1COc1ccc(C(C)C)cc1)C(=O)c1ccc(C)cc1. The van der Waals surface area contributed by atoms with Gasteiger partial charge >= 0.3 is 0 Å². The zero-order chi connectivity index (χ0) is 27.2. The number of amides is 2. The fourth-order valence-electron chi connectivity index (χ4n) is 4.86. The number of carbonyl (C=O) groups excluding carboxylic acids is 2. The van der Waals surface area contributed by atoms with E-state index in [0.717, 1.165) is 29.7 Å². The summed E-state index contributed by atoms with van der Waals surface area (Å²) in [4.78, 5) is 32.3. The predicted octanol–water partition coefficient (Wildman–Crippen LogP) is 6.87. The molecule has 3 aromatic rings. The molecule has 0 radical (unpaired) electrons. The first-order chi connectivity index (χ1) is 18.3. The van der Waals surface area contributed by atoms with Crippen molar-refractivity contribution in [3.63, 3.8) is 0 Å². The van der Waals surface area contributed by atoms with Crippen LogP contribution in [0.15, 0.2) is 60.0 Å². The number of nitrogens with zero attached hydrogens (tertiary/aromatic N) is 2. The summed E-state index contributed by atoms with van der Waals surface area (Å²) in [6.45, 7) is 12.2. The second-order valence-corrected chi connectivity index (χ2v) is 11.8. The molecule has 1 aliphatic rings. The number of hydrogen-bond acceptors (Lipinski definition) is 4. The lowest BCUT2D eigenvalue weighted by Crippen LogP contribution is -2.48. The molecule has 0 bridgehead atoms. The summed E-state index contributed by atoms with van der Waals surface area (Å²) in [5.41, 5.74) is 4.15. The second kappa shape index (κ2) is 12.6. The number of benzene rings is 2. The van der Waals surface area contributed by atoms with Crippen LogP contribution in [-0.2, 0) is 11.2 Å². The zero-order valence-electron chi connectivity index (χ0n) is 23.3. The van der Waals surface area contributed by atoms with Crippen LogP contribution in [0.5, 0.6) is 5.75 Å². The fraction of sp³-hybridized carbons (Fsp3) is 0.438. The van der Waals surface area contributed by atoms with Gasteiger partial charge in [0.1, 0.15) is 18.9 Å². The minimum Gasteiger partial charge on any atom is -0.491 e. The van der Waals surface area contributed by atoms with E-state index in [0.29, 0.717) is 37.1 Å². The van der Waals surface area contributed by atoms with Crippen LogP contribution >= 0.6 is 11.3 Å². The third kappa shape index (κ3) is 6.65. The highest BCUT2D eigenvalue weighted by Gasteiger charge is 2.34. The van der Waals surface area contributed by atoms with Gasteiger partial charge in [0.2, 0.25) is 5.91 Å². The van der Waals surface area contributed by atoms with Gasteiger partial charge in [-0.3, -0.25) is 9.59 Å². The van der Waals surface area contributed by atoms with Crippen molar-refractivity contribution in [2.24, 2.45) is 5.92 Å². The van der Waals surface area contributed by atoms with Crippen molar-refractivity contribution >= 4 is 23.2 Å². The van der Waals surface area contributed by atoms with Crippen LogP contribution in [0.1, 0.15) is 78.0 Å². The second-order valence-electron chi connectivity index (χ2n) is 10.8. The Morgan fingerprint density at radius 2 is 1.76 bits per heavy atom. The molecule has 2 heterocycles. The smallest absolute Gasteiger partial charge is 0.254 e. The van der Waals surface area contributed by atoms with Gasteiger partial charge in [0, 0.05) is 23.5 Å². The van der Waals surface area contributed by atoms with Crippen molar-refractivity contribution in [1.29, 1.82) is 0 Å². The topological polar surface area (TPSA) is 49.9 Å². The Morgan fingerprint density at radius 1 is 1.05 bits per heavy atom. The monoisotopic (exact) mass is 532 g/mol. The maximum Gasteiger partial charge on any atom is 0.254 e. The molecular weight excluding hydrogens is 492 g/mol. The molecule has 2 aromatic carbocycles. The quantitative estimate of drug-likeness (QED) is 0.286. The van der Waals surface area contributed by atoms with E-state index in [1.807, 2.05) is 48.2 Å². The molecule has 0 saturated carbocycles. The fourth-order valence-corrected chi connectivity index (χ4v) is 5.78. The summed E-state index contributed by atoms with van der Waals surface area (Å²) in [7, 11) is 0. The number of rotatable bonds is 10. The maximum atomic E-state index is 13.8. The minimum absolute atomic E-state index is 0.0330. The van der Waals surface area contributed by atoms with E-state index < -0.39 is 0 Å². The summed E-state index contributed by atoms with van der Waals surface area (Å²) >= 11 is 1.74. The van der Waals surface area contributed by atoms with Crippen molar-refractivity contribution in [3.05, 3.63) is 87.1 Å². The standard InChI is InChI=1S/C32H40N2O3S/c1-6-23(4)19-33(32(36)26-9-7-24(5)8-10-26)20-31(35)34-17-15-30-28(16-18-38-30)29(34)21-37-27-13-11-25(12-14-27)22(2)3/h7-14,16,18,22-23,29H,6,15,17,19-21H2,1-5H3/t23-,29+/m1/s1. The molecule has 0 unspecified atom stereocenters. The van der Waals surface area contributed by atoms with Gasteiger partial charge in [-0.1, -0.05) is 63.9 Å². The van der Waals surface area contributed by atoms with Gasteiger partial charge in [0.25, 0.3) is 5.91 Å². The van der Waals surface area contributed by atoms with Gasteiger partial charge in [-0.2, -0.15) is 0 Å². The molecule has 0 fully saturated rings. The van der Waals surface area contributed by atoms with Crippen LogP contribution in [-0.4, -0.2) is 47.9 Å². The lowest BCUT2D eigenvalue weighted by molar-refractivity contribution is -0.135. The maximum absolute atomic E-state index is 13.8. The Morgan fingerprint density at radius 3 is 2.42 bits per heavy atom. The summed E-state index contributed by atoms with van der Waals surface area (Å²) in [6.07, 6.45) is 1.77. The highest BCUT2D eigenvalue weighted by atomic mass is 32.1. The Bertz CT molecular complexity index is 1220. The Kier molecular flexibility index (Phi) is 9.26. The van der Waals surface area contributed by atoms with Crippen molar-refractivity contribution < 1.29 is 14.3 Å². The number of fused-ring (bicyclic) bond motifs is 1. The van der Waals surface area contributed by atoms with E-state index in [4.69, 9.17) is 4.74 Å². The largest absolute Gasteiger partial charge is 0.491 e. The molecule has 0 saturated heterocycles. The lowest BCUT2D eigenvalue weighted by Gasteiger charge is -2.37. The average molecular weight is 533 g/mol. The number of hydrogen-bond donors (Lipinski definition) is 0. The van der Waals surface area contributed by atoms with E-state index in [1.54, 1.807) is 16.2 Å². The Hall–Kier alpha value is -3.12. The van der Waals surface area contributed by atoms with Gasteiger partial charge in [-0.15, -0.1) is 11.3 Å². The molecule has 2 amide bonds. The van der Waals surface area contributed by atoms with Gasteiger partial charge < -0.3 is 14.5 Å². The highest BCUT2D eigenvalue weighted by molar-refractivity contribution is 7.10. The predicted molar refractivity (Wildman–Crippen MR) is 155 cm³/mol. The van der Waals surface area contributed by atoms with E-state index in [1.165, 1.54) is 10.4 Å². The average Bonchev–Trinajstić information content (AvgIpc) is 3.40. The third-order valence-electron chi connectivity index (χ3n) is 7.51. The van der Waals surface area contributed by atoms with E-state index >= 15 is 0 Å². The normalized spacial score (nSPS) is 15.7. The molecule has 38 heavy (non-hydrogen) atoms. The number of thiophene rings is 1. The summed E-state index contributed by atoms with van der Waals surface area (Å²) < 4.78 is 6.23. The molecule has 2 atom stereocenters. The van der Waals surface area contributed by atoms with Crippen molar-refractivity contribution in [2.45, 2.75) is 59.4 Å². The molecule has 0 N–H and O–H groups in total. The molecule has 5 nitrogen and oxygen atoms in total. The van der Waals surface area contributed by atoms with Crippen molar-refractivity contribution in [1.82, 2.24) is 9.80 Å². The van der Waals surface area contributed by atoms with Gasteiger partial charge in [-0.25, -0.2) is 0 Å². The first-order valence-corrected chi connectivity index (χ1v) is 14.6. The van der Waals surface area contributed by atoms with Crippen molar-refractivity contribution in [2.75, 3.05) is 26.2 Å². The van der Waals surface area contributed by atoms with E-state index in [2.05, 4.69) is 51.3 Å². The molecule has 4 rings (SSSR count). The zero-order valence-corrected chi connectivity index (χ0v) is 24.1. The van der Waals surface area contributed by atoms with Gasteiger partial charge in [0.05, 0.1) is 6.04 Å². The summed E-state index contributed by atoms with van der Waals surface area (Å²) in [6, 6.07) is 17.7. The Balaban J connectivity index is 1.52. The lowest BCUT2D eigenvalue weighted by atomic mass is 10.00. The molecule has 1 aromatic heterocycles. The molecule has 1 aliphatic heterocycles. The highest BCUT2D eigenvalue weighted by Crippen LogP contribution is 2.34. The number of aryl methyl sites for hydroxylation is 1.